The van der Waals surface area contributed by atoms with Crippen LogP contribution in [0.1, 0.15) is 0 Å². The van der Waals surface area contributed by atoms with Crippen molar-refractivity contribution in [2.75, 3.05) is 6.54 Å². The van der Waals surface area contributed by atoms with Crippen LogP contribution in [0.25, 0.3) is 0 Å². The van der Waals surface area contributed by atoms with Crippen LogP contribution in [0.2, 0.25) is 0 Å². The minimum atomic E-state index is 0.309. The molecule has 1 fully saturated rings. The Bertz CT molecular complexity index is 248. The molecule has 0 aromatic heterocycles. The first-order valence-electron chi connectivity index (χ1n) is 4.07. The molecule has 0 spiro atoms. The fourth-order valence-corrected chi connectivity index (χ4v) is 3.05. The maximum atomic E-state index is 6.21. The molecule has 2 nitrogen and oxygen atoms in total. The number of allylic oxidation sites excluding steroid dienone is 1. The van der Waals surface area contributed by atoms with Crippen molar-refractivity contribution in [1.29, 1.82) is 0 Å². The quantitative estimate of drug-likeness (QED) is 0.390. The Morgan fingerprint density at radius 2 is 2.09 bits per heavy atom. The summed E-state index contributed by atoms with van der Waals surface area (Å²) in [5, 5.41) is 8.60. The summed E-state index contributed by atoms with van der Waals surface area (Å²) in [7, 11) is 0. The molecule has 2 aliphatic carbocycles. The number of nitrogens with zero attached hydrogens (tertiary/aromatic N) is 2. The number of hydrogen-bond donors (Lipinski definition) is 0. The number of azo groups is 1. The molecule has 1 heterocycles. The van der Waals surface area contributed by atoms with Crippen LogP contribution >= 0.6 is 11.6 Å². The lowest BCUT2D eigenvalue weighted by molar-refractivity contribution is 0.452. The van der Waals surface area contributed by atoms with E-state index in [9.17, 15) is 0 Å². The summed E-state index contributed by atoms with van der Waals surface area (Å²) in [6.07, 6.45) is 4.47. The van der Waals surface area contributed by atoms with E-state index in [2.05, 4.69) is 22.4 Å². The molecule has 0 N–H and O–H groups in total. The second-order valence-electron chi connectivity index (χ2n) is 3.58. The molecule has 0 aromatic rings. The molecule has 1 aliphatic heterocycles. The van der Waals surface area contributed by atoms with Crippen molar-refractivity contribution in [3.63, 3.8) is 0 Å². The summed E-state index contributed by atoms with van der Waals surface area (Å²) in [5.41, 5.74) is 0. The number of alkyl halides is 1. The Balaban J connectivity index is 2.04. The van der Waals surface area contributed by atoms with Crippen molar-refractivity contribution in [1.82, 2.24) is 0 Å². The highest BCUT2D eigenvalue weighted by molar-refractivity contribution is 6.21. The number of rotatable bonds is 0. The van der Waals surface area contributed by atoms with Crippen molar-refractivity contribution < 1.29 is 0 Å². The summed E-state index contributed by atoms with van der Waals surface area (Å²) in [6.45, 7) is 0.902. The van der Waals surface area contributed by atoms with Crippen molar-refractivity contribution in [2.45, 2.75) is 11.4 Å². The van der Waals surface area contributed by atoms with Gasteiger partial charge in [0.15, 0.2) is 0 Å². The average Bonchev–Trinajstić information content (AvgIpc) is 2.61. The fourth-order valence-electron chi connectivity index (χ4n) is 2.55. The predicted octanol–water partition coefficient (Wildman–Crippen LogP) is 1.86. The largest absolute Gasteiger partial charge is 0.193 e. The molecule has 1 saturated carbocycles. The molecule has 3 rings (SSSR count). The Labute approximate surface area is 70.3 Å². The maximum Gasteiger partial charge on any atom is 0.0837 e. The lowest BCUT2D eigenvalue weighted by atomic mass is 9.91. The molecule has 1 unspecified atom stereocenters. The van der Waals surface area contributed by atoms with Gasteiger partial charge in [0.25, 0.3) is 0 Å². The second-order valence-corrected chi connectivity index (χ2v) is 4.08. The highest BCUT2D eigenvalue weighted by Crippen LogP contribution is 2.50. The third-order valence-corrected chi connectivity index (χ3v) is 3.71. The molecular weight excluding hydrogens is 160 g/mol. The Morgan fingerprint density at radius 3 is 2.91 bits per heavy atom. The van der Waals surface area contributed by atoms with Crippen LogP contribution in [0.3, 0.4) is 0 Å². The molecule has 11 heavy (non-hydrogen) atoms. The van der Waals surface area contributed by atoms with E-state index in [1.165, 1.54) is 0 Å². The van der Waals surface area contributed by atoms with Crippen molar-refractivity contribution in [3.05, 3.63) is 12.2 Å². The van der Waals surface area contributed by atoms with Crippen molar-refractivity contribution in [2.24, 2.45) is 28.0 Å². The van der Waals surface area contributed by atoms with Crippen LogP contribution in [0.4, 0.5) is 0 Å². The third-order valence-electron chi connectivity index (χ3n) is 3.13. The normalized spacial score (nSPS) is 57.4. The molecule has 0 radical (unpaired) electrons. The van der Waals surface area contributed by atoms with E-state index in [-0.39, 0.29) is 0 Å². The van der Waals surface area contributed by atoms with Crippen LogP contribution in [0.5, 0.6) is 0 Å². The monoisotopic (exact) mass is 168 g/mol. The van der Waals surface area contributed by atoms with Gasteiger partial charge in [0.2, 0.25) is 0 Å². The van der Waals surface area contributed by atoms with Gasteiger partial charge in [0.05, 0.1) is 12.6 Å². The first-order chi connectivity index (χ1) is 5.38. The van der Waals surface area contributed by atoms with Gasteiger partial charge in [-0.1, -0.05) is 12.2 Å². The Kier molecular flexibility index (Phi) is 1.05. The van der Waals surface area contributed by atoms with Crippen LogP contribution in [-0.2, 0) is 0 Å². The van der Waals surface area contributed by atoms with Gasteiger partial charge in [-0.15, -0.1) is 11.6 Å². The molecule has 2 bridgehead atoms. The zero-order valence-electron chi connectivity index (χ0n) is 6.02. The minimum absolute atomic E-state index is 0.309. The van der Waals surface area contributed by atoms with Gasteiger partial charge in [-0.2, -0.15) is 10.2 Å². The van der Waals surface area contributed by atoms with E-state index in [1.54, 1.807) is 0 Å². The van der Waals surface area contributed by atoms with E-state index in [1.807, 2.05) is 0 Å². The van der Waals surface area contributed by atoms with Gasteiger partial charge in [-0.05, 0) is 0 Å². The van der Waals surface area contributed by atoms with E-state index < -0.39 is 0 Å². The maximum absolute atomic E-state index is 6.21. The SMILES string of the molecule is ClC1[C@H]2C=C[C@@H]1[C@@H]1N=NC[C@@H]12. The Hall–Kier alpha value is -0.370. The lowest BCUT2D eigenvalue weighted by Gasteiger charge is -2.14. The molecule has 3 aliphatic rings. The smallest absolute Gasteiger partial charge is 0.0837 e. The van der Waals surface area contributed by atoms with Crippen LogP contribution in [0, 0.1) is 17.8 Å². The van der Waals surface area contributed by atoms with Crippen LogP contribution < -0.4 is 0 Å². The van der Waals surface area contributed by atoms with Gasteiger partial charge in [-0.25, -0.2) is 0 Å². The van der Waals surface area contributed by atoms with Crippen LogP contribution in [0.15, 0.2) is 22.4 Å². The molecule has 5 atom stereocenters. The van der Waals surface area contributed by atoms with Gasteiger partial charge >= 0.3 is 0 Å². The molecule has 0 amide bonds. The molecule has 58 valence electrons. The first kappa shape index (κ1) is 6.18. The van der Waals surface area contributed by atoms with Crippen molar-refractivity contribution in [3.8, 4) is 0 Å². The van der Waals surface area contributed by atoms with E-state index in [0.29, 0.717) is 29.2 Å². The minimum Gasteiger partial charge on any atom is -0.193 e. The standard InChI is InChI=1S/C8H9ClN2/c9-7-4-1-2-5(7)8-6(4)3-10-11-8/h1-2,4-8H,3H2/t4-,5-,6+,7?,8-/m0/s1. The zero-order chi connectivity index (χ0) is 7.42. The highest BCUT2D eigenvalue weighted by atomic mass is 35.5. The highest BCUT2D eigenvalue weighted by Gasteiger charge is 2.52. The molecule has 0 saturated heterocycles. The number of fused-ring (bicyclic) bond motifs is 5. The summed E-state index contributed by atoms with van der Waals surface area (Å²) in [5.74, 6) is 1.67. The molecule has 3 heteroatoms. The van der Waals surface area contributed by atoms with Crippen molar-refractivity contribution >= 4 is 11.6 Å². The topological polar surface area (TPSA) is 24.7 Å². The van der Waals surface area contributed by atoms with E-state index >= 15 is 0 Å². The third kappa shape index (κ3) is 0.598. The summed E-state index contributed by atoms with van der Waals surface area (Å²) >= 11 is 6.21. The second kappa shape index (κ2) is 1.86. The van der Waals surface area contributed by atoms with Gasteiger partial charge in [-0.3, -0.25) is 0 Å². The first-order valence-corrected chi connectivity index (χ1v) is 4.50. The molecular formula is C8H9ClN2. The van der Waals surface area contributed by atoms with Gasteiger partial charge < -0.3 is 0 Å². The lowest BCUT2D eigenvalue weighted by Crippen LogP contribution is -2.20. The zero-order valence-corrected chi connectivity index (χ0v) is 6.78. The van der Waals surface area contributed by atoms with E-state index in [4.69, 9.17) is 11.6 Å². The number of halogens is 1. The summed E-state index contributed by atoms with van der Waals surface area (Å²) in [4.78, 5) is 0. The summed E-state index contributed by atoms with van der Waals surface area (Å²) in [6, 6.07) is 0.424. The molecule has 0 aromatic carbocycles. The van der Waals surface area contributed by atoms with E-state index in [0.717, 1.165) is 6.54 Å². The Morgan fingerprint density at radius 1 is 1.27 bits per heavy atom. The fraction of sp³-hybridized carbons (Fsp3) is 0.750. The summed E-state index contributed by atoms with van der Waals surface area (Å²) < 4.78 is 0. The number of hydrogen-bond acceptors (Lipinski definition) is 2. The van der Waals surface area contributed by atoms with Gasteiger partial charge in [0, 0.05) is 23.1 Å². The van der Waals surface area contributed by atoms with Gasteiger partial charge in [0.1, 0.15) is 0 Å². The van der Waals surface area contributed by atoms with Crippen LogP contribution in [-0.4, -0.2) is 18.0 Å². The predicted molar refractivity (Wildman–Crippen MR) is 42.8 cm³/mol. The average molecular weight is 169 g/mol.